The Hall–Kier alpha value is -2.93. The third-order valence-electron chi connectivity index (χ3n) is 5.82. The van der Waals surface area contributed by atoms with Crippen molar-refractivity contribution in [1.82, 2.24) is 9.78 Å². The molecule has 0 fully saturated rings. The van der Waals surface area contributed by atoms with E-state index in [-0.39, 0.29) is 42.1 Å². The lowest BCUT2D eigenvalue weighted by Crippen LogP contribution is -2.29. The van der Waals surface area contributed by atoms with Crippen molar-refractivity contribution >= 4 is 45.7 Å². The highest BCUT2D eigenvalue weighted by molar-refractivity contribution is 14.1. The largest absolute Gasteiger partial charge is 0.435 e. The predicted molar refractivity (Wildman–Crippen MR) is 132 cm³/mol. The zero-order valence-corrected chi connectivity index (χ0v) is 21.0. The number of Topliss-reactive ketones (excluding diaryl/α,β-unsaturated/α-hetero) is 1. The molecule has 1 aliphatic carbocycles. The molecule has 0 unspecified atom stereocenters. The molecule has 3 aromatic rings. The van der Waals surface area contributed by atoms with Gasteiger partial charge in [-0.2, -0.15) is 18.3 Å². The van der Waals surface area contributed by atoms with Gasteiger partial charge in [-0.1, -0.05) is 13.8 Å². The number of aliphatic hydroxyl groups excluding tert-OH is 1. The number of carbonyl (C=O) groups excluding carboxylic acids is 2. The third kappa shape index (κ3) is 4.92. The van der Waals surface area contributed by atoms with Crippen molar-refractivity contribution in [3.05, 3.63) is 68.0 Å². The smallest absolute Gasteiger partial charge is 0.392 e. The van der Waals surface area contributed by atoms with Crippen molar-refractivity contribution in [2.45, 2.75) is 39.5 Å². The average molecular weight is 595 g/mol. The number of aromatic nitrogens is 2. The van der Waals surface area contributed by atoms with Gasteiger partial charge < -0.3 is 16.2 Å². The molecule has 11 heteroatoms. The van der Waals surface area contributed by atoms with E-state index in [9.17, 15) is 27.9 Å². The lowest BCUT2D eigenvalue weighted by molar-refractivity contribution is -0.141. The number of carbonyl (C=O) groups is 2. The molecular formula is C24H22F3IN4O3. The Kier molecular flexibility index (Phi) is 6.43. The summed E-state index contributed by atoms with van der Waals surface area (Å²) in [6, 6.07) is 9.51. The summed E-state index contributed by atoms with van der Waals surface area (Å²) in [7, 11) is 0. The van der Waals surface area contributed by atoms with Crippen LogP contribution in [0.2, 0.25) is 0 Å². The first-order valence-corrected chi connectivity index (χ1v) is 11.7. The van der Waals surface area contributed by atoms with E-state index in [4.69, 9.17) is 5.73 Å². The first-order valence-electron chi connectivity index (χ1n) is 10.6. The number of benzene rings is 2. The van der Waals surface area contributed by atoms with Crippen molar-refractivity contribution in [3.63, 3.8) is 0 Å². The molecule has 4 rings (SSSR count). The molecule has 1 heterocycles. The van der Waals surface area contributed by atoms with Crippen LogP contribution in [0.25, 0.3) is 5.69 Å². The Morgan fingerprint density at radius 2 is 1.94 bits per heavy atom. The number of fused-ring (bicyclic) bond motifs is 1. The Balaban J connectivity index is 1.87. The maximum Gasteiger partial charge on any atom is 0.435 e. The van der Waals surface area contributed by atoms with Gasteiger partial charge in [-0.15, -0.1) is 0 Å². The monoisotopic (exact) mass is 595 g/mol. The second-order valence-electron chi connectivity index (χ2n) is 9.20. The van der Waals surface area contributed by atoms with Crippen LogP contribution in [0.4, 0.5) is 24.5 Å². The summed E-state index contributed by atoms with van der Waals surface area (Å²) in [6.07, 6.45) is -4.60. The van der Waals surface area contributed by atoms with Crippen LogP contribution < -0.4 is 11.1 Å². The van der Waals surface area contributed by atoms with Gasteiger partial charge in [0, 0.05) is 15.7 Å². The van der Waals surface area contributed by atoms with Crippen molar-refractivity contribution in [3.8, 4) is 5.69 Å². The van der Waals surface area contributed by atoms with Crippen LogP contribution in [0.1, 0.15) is 57.9 Å². The van der Waals surface area contributed by atoms with Gasteiger partial charge in [-0.3, -0.25) is 9.59 Å². The molecule has 0 saturated heterocycles. The number of aliphatic hydroxyl groups is 1. The summed E-state index contributed by atoms with van der Waals surface area (Å²) in [5, 5.41) is 16.4. The Morgan fingerprint density at radius 1 is 1.23 bits per heavy atom. The highest BCUT2D eigenvalue weighted by Gasteiger charge is 2.45. The molecule has 1 amide bonds. The molecule has 1 aliphatic rings. The predicted octanol–water partition coefficient (Wildman–Crippen LogP) is 4.99. The minimum atomic E-state index is -4.80. The number of ketones is 1. The summed E-state index contributed by atoms with van der Waals surface area (Å²) < 4.78 is 43.3. The number of nitrogens with one attached hydrogen (secondary N) is 1. The van der Waals surface area contributed by atoms with Gasteiger partial charge in [0.15, 0.2) is 11.5 Å². The molecule has 0 aliphatic heterocycles. The minimum absolute atomic E-state index is 0.0117. The van der Waals surface area contributed by atoms with Crippen LogP contribution in [0.5, 0.6) is 0 Å². The first-order chi connectivity index (χ1) is 16.3. The van der Waals surface area contributed by atoms with E-state index < -0.39 is 34.5 Å². The van der Waals surface area contributed by atoms with Crippen molar-refractivity contribution in [1.29, 1.82) is 0 Å². The van der Waals surface area contributed by atoms with E-state index in [0.717, 1.165) is 8.25 Å². The van der Waals surface area contributed by atoms with Gasteiger partial charge in [0.2, 0.25) is 0 Å². The van der Waals surface area contributed by atoms with E-state index >= 15 is 0 Å². The molecule has 0 radical (unpaired) electrons. The molecule has 1 aromatic heterocycles. The molecular weight excluding hydrogens is 573 g/mol. The number of hydrogen-bond donors (Lipinski definition) is 3. The average Bonchev–Trinajstić information content (AvgIpc) is 3.14. The second-order valence-corrected chi connectivity index (χ2v) is 10.4. The topological polar surface area (TPSA) is 110 Å². The van der Waals surface area contributed by atoms with Gasteiger partial charge in [-0.25, -0.2) is 4.68 Å². The fourth-order valence-corrected chi connectivity index (χ4v) is 4.78. The number of alkyl halides is 3. The Labute approximate surface area is 212 Å². The minimum Gasteiger partial charge on any atom is -0.392 e. The van der Waals surface area contributed by atoms with E-state index in [1.165, 1.54) is 18.2 Å². The fraction of sp³-hybridized carbons (Fsp3) is 0.292. The third-order valence-corrected chi connectivity index (χ3v) is 6.87. The lowest BCUT2D eigenvalue weighted by Gasteiger charge is -2.29. The van der Waals surface area contributed by atoms with Crippen LogP contribution in [-0.4, -0.2) is 26.6 Å². The van der Waals surface area contributed by atoms with Gasteiger partial charge >= 0.3 is 6.18 Å². The van der Waals surface area contributed by atoms with Crippen molar-refractivity contribution in [2.24, 2.45) is 11.1 Å². The molecule has 7 nitrogen and oxygen atoms in total. The van der Waals surface area contributed by atoms with Gasteiger partial charge in [0.25, 0.3) is 5.91 Å². The SMILES string of the molecule is CC1(C)CC(=O)c2c(C(F)(F)F)nn(-c3ccc(C(N)=O)c(Nc4ccc([124I])c(CO)c4)c3)c2C1. The number of nitrogens with zero attached hydrogens (tertiary/aromatic N) is 2. The van der Waals surface area contributed by atoms with Crippen molar-refractivity contribution < 1.29 is 27.9 Å². The normalized spacial score (nSPS) is 15.1. The van der Waals surface area contributed by atoms with Gasteiger partial charge in [-0.05, 0) is 76.4 Å². The van der Waals surface area contributed by atoms with Crippen molar-refractivity contribution in [2.75, 3.05) is 5.32 Å². The second kappa shape index (κ2) is 8.94. The molecule has 0 atom stereocenters. The molecule has 0 saturated carbocycles. The summed E-state index contributed by atoms with van der Waals surface area (Å²) in [5.74, 6) is -1.33. The molecule has 4 N–H and O–H groups in total. The zero-order chi connectivity index (χ0) is 25.7. The van der Waals surface area contributed by atoms with E-state index in [0.29, 0.717) is 11.3 Å². The molecule has 184 valence electrons. The standard InChI is InChI=1S/C24H22F3IN4O3/c1-23(2)9-18-20(19(34)10-23)21(24(25,26)27)31-32(18)14-4-5-15(22(29)35)17(8-14)30-13-3-6-16(28)12(7-13)11-33/h3-8,30,33H,9-11H2,1-2H3,(H2,29,35)/i28-3. The van der Waals surface area contributed by atoms with Gasteiger partial charge in [0.05, 0.1) is 34.8 Å². The fourth-order valence-electron chi connectivity index (χ4n) is 4.27. The number of rotatable bonds is 5. The molecule has 0 spiro atoms. The van der Waals surface area contributed by atoms with Crippen LogP contribution in [0.15, 0.2) is 36.4 Å². The summed E-state index contributed by atoms with van der Waals surface area (Å²) >= 11 is 2.08. The maximum atomic E-state index is 13.8. The van der Waals surface area contributed by atoms with Crippen LogP contribution in [0, 0.1) is 8.99 Å². The van der Waals surface area contributed by atoms with Crippen LogP contribution in [0.3, 0.4) is 0 Å². The number of anilines is 2. The Morgan fingerprint density at radius 3 is 2.57 bits per heavy atom. The molecule has 0 bridgehead atoms. The molecule has 2 aromatic carbocycles. The van der Waals surface area contributed by atoms with E-state index in [2.05, 4.69) is 33.0 Å². The van der Waals surface area contributed by atoms with Crippen LogP contribution in [-0.2, 0) is 19.2 Å². The zero-order valence-electron chi connectivity index (χ0n) is 18.8. The highest BCUT2D eigenvalue weighted by Crippen LogP contribution is 2.42. The number of halogens is 4. The lowest BCUT2D eigenvalue weighted by atomic mass is 9.75. The van der Waals surface area contributed by atoms with Gasteiger partial charge in [0.1, 0.15) is 0 Å². The quantitative estimate of drug-likeness (QED) is 0.361. The summed E-state index contributed by atoms with van der Waals surface area (Å²) in [6.45, 7) is 3.44. The highest BCUT2D eigenvalue weighted by atomic mass is 124. The maximum absolute atomic E-state index is 13.8. The number of amides is 1. The van der Waals surface area contributed by atoms with E-state index in [1.807, 2.05) is 13.8 Å². The first kappa shape index (κ1) is 25.2. The summed E-state index contributed by atoms with van der Waals surface area (Å²) in [5.41, 5.74) is 5.34. The summed E-state index contributed by atoms with van der Waals surface area (Å²) in [4.78, 5) is 24.8. The van der Waals surface area contributed by atoms with E-state index in [1.54, 1.807) is 18.2 Å². The Bertz CT molecular complexity index is 1350. The number of hydrogen-bond acceptors (Lipinski definition) is 5. The van der Waals surface area contributed by atoms with Crippen LogP contribution >= 0.6 is 22.6 Å². The number of primary amides is 1. The number of nitrogens with two attached hydrogens (primary N) is 1. The molecule has 35 heavy (non-hydrogen) atoms.